The van der Waals surface area contributed by atoms with Gasteiger partial charge in [-0.2, -0.15) is 0 Å². The number of aromatic nitrogens is 1. The first-order valence-electron chi connectivity index (χ1n) is 5.73. The number of nitrogens with zero attached hydrogens (tertiary/aromatic N) is 1. The van der Waals surface area contributed by atoms with Gasteiger partial charge in [-0.3, -0.25) is 4.98 Å². The summed E-state index contributed by atoms with van der Waals surface area (Å²) >= 11 is 7.82. The second-order valence-corrected chi connectivity index (χ2v) is 5.57. The molecular formula is C14H15ClN2S. The SMILES string of the molecule is CC(N)c1ccc(SCc2ccncc2Cl)cc1. The van der Waals surface area contributed by atoms with Gasteiger partial charge in [-0.25, -0.2) is 0 Å². The highest BCUT2D eigenvalue weighted by Gasteiger charge is 2.02. The van der Waals surface area contributed by atoms with Crippen molar-refractivity contribution in [3.05, 3.63) is 58.9 Å². The quantitative estimate of drug-likeness (QED) is 0.858. The van der Waals surface area contributed by atoms with E-state index in [4.69, 9.17) is 17.3 Å². The Bertz CT molecular complexity index is 511. The number of benzene rings is 1. The lowest BCUT2D eigenvalue weighted by atomic mass is 10.1. The summed E-state index contributed by atoms with van der Waals surface area (Å²) < 4.78 is 0. The van der Waals surface area contributed by atoms with E-state index in [1.54, 1.807) is 24.2 Å². The third-order valence-electron chi connectivity index (χ3n) is 2.66. The second kappa shape index (κ2) is 6.23. The van der Waals surface area contributed by atoms with E-state index in [-0.39, 0.29) is 6.04 Å². The van der Waals surface area contributed by atoms with Crippen LogP contribution in [0.1, 0.15) is 24.1 Å². The van der Waals surface area contributed by atoms with Crippen LogP contribution in [0.5, 0.6) is 0 Å². The van der Waals surface area contributed by atoms with Crippen LogP contribution in [0.15, 0.2) is 47.6 Å². The number of pyridine rings is 1. The van der Waals surface area contributed by atoms with Crippen LogP contribution in [0.4, 0.5) is 0 Å². The minimum absolute atomic E-state index is 0.0821. The third-order valence-corrected chi connectivity index (χ3v) is 4.06. The molecule has 94 valence electrons. The summed E-state index contributed by atoms with van der Waals surface area (Å²) in [6, 6.07) is 10.4. The molecule has 18 heavy (non-hydrogen) atoms. The normalized spacial score (nSPS) is 12.4. The van der Waals surface area contributed by atoms with Gasteiger partial charge in [0.2, 0.25) is 0 Å². The van der Waals surface area contributed by atoms with Gasteiger partial charge in [0.25, 0.3) is 0 Å². The van der Waals surface area contributed by atoms with Gasteiger partial charge in [0, 0.05) is 29.1 Å². The van der Waals surface area contributed by atoms with Crippen molar-refractivity contribution in [2.75, 3.05) is 0 Å². The van der Waals surface area contributed by atoms with E-state index in [2.05, 4.69) is 29.2 Å². The number of rotatable bonds is 4. The maximum atomic E-state index is 6.06. The van der Waals surface area contributed by atoms with E-state index < -0.39 is 0 Å². The van der Waals surface area contributed by atoms with Gasteiger partial charge in [0.15, 0.2) is 0 Å². The Morgan fingerprint density at radius 3 is 2.61 bits per heavy atom. The van der Waals surface area contributed by atoms with Crippen molar-refractivity contribution in [2.24, 2.45) is 5.73 Å². The van der Waals surface area contributed by atoms with Gasteiger partial charge in [-0.05, 0) is 36.2 Å². The molecule has 0 saturated carbocycles. The number of hydrogen-bond donors (Lipinski definition) is 1. The summed E-state index contributed by atoms with van der Waals surface area (Å²) in [7, 11) is 0. The van der Waals surface area contributed by atoms with Crippen LogP contribution in [0.3, 0.4) is 0 Å². The van der Waals surface area contributed by atoms with E-state index in [9.17, 15) is 0 Å². The highest BCUT2D eigenvalue weighted by atomic mass is 35.5. The van der Waals surface area contributed by atoms with Crippen LogP contribution in [-0.4, -0.2) is 4.98 Å². The molecule has 2 nitrogen and oxygen atoms in total. The fourth-order valence-electron chi connectivity index (χ4n) is 1.55. The largest absolute Gasteiger partial charge is 0.324 e. The van der Waals surface area contributed by atoms with Crippen molar-refractivity contribution in [3.63, 3.8) is 0 Å². The summed E-state index contributed by atoms with van der Waals surface area (Å²) in [5.41, 5.74) is 8.08. The molecule has 0 bridgehead atoms. The molecule has 0 aliphatic rings. The van der Waals surface area contributed by atoms with Crippen LogP contribution in [-0.2, 0) is 5.75 Å². The molecule has 1 aromatic heterocycles. The number of hydrogen-bond acceptors (Lipinski definition) is 3. The van der Waals surface area contributed by atoms with Gasteiger partial charge < -0.3 is 5.73 Å². The number of thioether (sulfide) groups is 1. The average molecular weight is 279 g/mol. The zero-order chi connectivity index (χ0) is 13.0. The molecule has 1 atom stereocenters. The predicted octanol–water partition coefficient (Wildman–Crippen LogP) is 4.05. The van der Waals surface area contributed by atoms with E-state index in [0.717, 1.165) is 21.9 Å². The van der Waals surface area contributed by atoms with E-state index >= 15 is 0 Å². The van der Waals surface area contributed by atoms with Crippen LogP contribution in [0.2, 0.25) is 5.02 Å². The molecule has 2 rings (SSSR count). The predicted molar refractivity (Wildman–Crippen MR) is 77.9 cm³/mol. The molecule has 0 saturated heterocycles. The molecule has 4 heteroatoms. The molecule has 1 unspecified atom stereocenters. The molecule has 0 amide bonds. The van der Waals surface area contributed by atoms with Crippen molar-refractivity contribution in [1.29, 1.82) is 0 Å². The topological polar surface area (TPSA) is 38.9 Å². The first kappa shape index (κ1) is 13.4. The first-order chi connectivity index (χ1) is 8.66. The fourth-order valence-corrected chi connectivity index (χ4v) is 2.72. The smallest absolute Gasteiger partial charge is 0.0629 e. The molecule has 0 fully saturated rings. The molecule has 0 aliphatic heterocycles. The highest BCUT2D eigenvalue weighted by molar-refractivity contribution is 7.98. The summed E-state index contributed by atoms with van der Waals surface area (Å²) in [4.78, 5) is 5.19. The first-order valence-corrected chi connectivity index (χ1v) is 7.10. The maximum absolute atomic E-state index is 6.06. The zero-order valence-corrected chi connectivity index (χ0v) is 11.7. The van der Waals surface area contributed by atoms with Gasteiger partial charge in [-0.1, -0.05) is 23.7 Å². The lowest BCUT2D eigenvalue weighted by Crippen LogP contribution is -2.04. The van der Waals surface area contributed by atoms with Gasteiger partial charge >= 0.3 is 0 Å². The molecule has 0 aliphatic carbocycles. The minimum atomic E-state index is 0.0821. The fraction of sp³-hybridized carbons (Fsp3) is 0.214. The van der Waals surface area contributed by atoms with Crippen molar-refractivity contribution in [2.45, 2.75) is 23.6 Å². The molecule has 2 aromatic rings. The Hall–Kier alpha value is -1.03. The van der Waals surface area contributed by atoms with E-state index in [0.29, 0.717) is 0 Å². The summed E-state index contributed by atoms with van der Waals surface area (Å²) in [5.74, 6) is 0.846. The third kappa shape index (κ3) is 3.48. The average Bonchev–Trinajstić information content (AvgIpc) is 2.38. The standard InChI is InChI=1S/C14H15ClN2S/c1-10(16)11-2-4-13(5-3-11)18-9-12-6-7-17-8-14(12)15/h2-8,10H,9,16H2,1H3. The molecular weight excluding hydrogens is 264 g/mol. The van der Waals surface area contributed by atoms with Gasteiger partial charge in [0.05, 0.1) is 5.02 Å². The van der Waals surface area contributed by atoms with Crippen molar-refractivity contribution < 1.29 is 0 Å². The second-order valence-electron chi connectivity index (χ2n) is 4.11. The summed E-state index contributed by atoms with van der Waals surface area (Å²) in [5, 5.41) is 0.720. The minimum Gasteiger partial charge on any atom is -0.324 e. The van der Waals surface area contributed by atoms with Crippen molar-refractivity contribution in [3.8, 4) is 0 Å². The molecule has 2 N–H and O–H groups in total. The molecule has 0 radical (unpaired) electrons. The van der Waals surface area contributed by atoms with Crippen LogP contribution < -0.4 is 5.73 Å². The van der Waals surface area contributed by atoms with Gasteiger partial charge in [-0.15, -0.1) is 11.8 Å². The van der Waals surface area contributed by atoms with Crippen LogP contribution in [0, 0.1) is 0 Å². The Labute approximate surface area is 117 Å². The Morgan fingerprint density at radius 2 is 2.00 bits per heavy atom. The van der Waals surface area contributed by atoms with Crippen LogP contribution in [0.25, 0.3) is 0 Å². The Balaban J connectivity index is 2.00. The zero-order valence-electron chi connectivity index (χ0n) is 10.1. The number of nitrogens with two attached hydrogens (primary N) is 1. The monoisotopic (exact) mass is 278 g/mol. The van der Waals surface area contributed by atoms with E-state index in [1.165, 1.54) is 4.90 Å². The molecule has 0 spiro atoms. The molecule has 1 aromatic carbocycles. The van der Waals surface area contributed by atoms with Crippen LogP contribution >= 0.6 is 23.4 Å². The Kier molecular flexibility index (Phi) is 4.64. The van der Waals surface area contributed by atoms with Crippen molar-refractivity contribution >= 4 is 23.4 Å². The van der Waals surface area contributed by atoms with Crippen molar-refractivity contribution in [1.82, 2.24) is 4.98 Å². The highest BCUT2D eigenvalue weighted by Crippen LogP contribution is 2.26. The Morgan fingerprint density at radius 1 is 1.28 bits per heavy atom. The summed E-state index contributed by atoms with van der Waals surface area (Å²) in [6.45, 7) is 1.99. The lowest BCUT2D eigenvalue weighted by molar-refractivity contribution is 0.817. The lowest BCUT2D eigenvalue weighted by Gasteiger charge is -2.07. The molecule has 1 heterocycles. The summed E-state index contributed by atoms with van der Waals surface area (Å²) in [6.07, 6.45) is 3.44. The maximum Gasteiger partial charge on any atom is 0.0629 e. The van der Waals surface area contributed by atoms with E-state index in [1.807, 2.05) is 13.0 Å². The van der Waals surface area contributed by atoms with Gasteiger partial charge in [0.1, 0.15) is 0 Å². The number of halogens is 1.